The van der Waals surface area contributed by atoms with Crippen LogP contribution in [0.2, 0.25) is 0 Å². The Bertz CT molecular complexity index is 450. The predicted molar refractivity (Wildman–Crippen MR) is 93.0 cm³/mol. The molecular weight excluding hydrogens is 294 g/mol. The van der Waals surface area contributed by atoms with Gasteiger partial charge in [0.2, 0.25) is 5.91 Å². The van der Waals surface area contributed by atoms with Crippen LogP contribution in [0.1, 0.15) is 57.6 Å². The third kappa shape index (κ3) is 4.09. The average Bonchev–Trinajstić information content (AvgIpc) is 3.06. The van der Waals surface area contributed by atoms with Gasteiger partial charge >= 0.3 is 0 Å². The van der Waals surface area contributed by atoms with E-state index in [9.17, 15) is 4.79 Å². The molecule has 0 bridgehead atoms. The first kappa shape index (κ1) is 17.4. The minimum absolute atomic E-state index is 0.0274. The number of rotatable bonds is 7. The number of amides is 1. The molecule has 0 radical (unpaired) electrons. The van der Waals surface area contributed by atoms with Crippen molar-refractivity contribution in [3.63, 3.8) is 0 Å². The minimum Gasteiger partial charge on any atom is -0.353 e. The summed E-state index contributed by atoms with van der Waals surface area (Å²) in [6.07, 6.45) is 4.95. The van der Waals surface area contributed by atoms with Gasteiger partial charge in [-0.25, -0.2) is 0 Å². The second kappa shape index (κ2) is 8.09. The highest BCUT2D eigenvalue weighted by Crippen LogP contribution is 2.27. The van der Waals surface area contributed by atoms with Gasteiger partial charge in [-0.05, 0) is 48.3 Å². The van der Waals surface area contributed by atoms with Crippen LogP contribution in [-0.2, 0) is 4.79 Å². The van der Waals surface area contributed by atoms with Crippen LogP contribution >= 0.6 is 11.3 Å². The maximum Gasteiger partial charge on any atom is 0.240 e. The summed E-state index contributed by atoms with van der Waals surface area (Å²) in [5.74, 6) is 0.0274. The fourth-order valence-electron chi connectivity index (χ4n) is 3.36. The summed E-state index contributed by atoms with van der Waals surface area (Å²) in [5.41, 5.74) is 6.95. The molecule has 4 nitrogen and oxygen atoms in total. The molecule has 0 aliphatic heterocycles. The van der Waals surface area contributed by atoms with Crippen LogP contribution in [-0.4, -0.2) is 36.0 Å². The molecule has 1 heterocycles. The van der Waals surface area contributed by atoms with Gasteiger partial charge in [0.25, 0.3) is 0 Å². The Hall–Kier alpha value is -0.910. The van der Waals surface area contributed by atoms with Crippen molar-refractivity contribution in [3.8, 4) is 0 Å². The van der Waals surface area contributed by atoms with E-state index >= 15 is 0 Å². The number of hydrogen-bond donors (Lipinski definition) is 2. The highest BCUT2D eigenvalue weighted by Gasteiger charge is 2.35. The van der Waals surface area contributed by atoms with E-state index < -0.39 is 5.54 Å². The van der Waals surface area contributed by atoms with Gasteiger partial charge in [-0.3, -0.25) is 9.69 Å². The van der Waals surface area contributed by atoms with Crippen LogP contribution in [0.15, 0.2) is 16.8 Å². The van der Waals surface area contributed by atoms with Crippen molar-refractivity contribution < 1.29 is 4.79 Å². The molecule has 1 aliphatic carbocycles. The first-order chi connectivity index (χ1) is 10.6. The number of carbonyl (C=O) groups is 1. The van der Waals surface area contributed by atoms with Gasteiger partial charge < -0.3 is 11.1 Å². The van der Waals surface area contributed by atoms with E-state index in [1.807, 2.05) is 0 Å². The monoisotopic (exact) mass is 323 g/mol. The summed E-state index contributed by atoms with van der Waals surface area (Å²) in [6.45, 7) is 6.91. The number of nitrogens with one attached hydrogen (secondary N) is 1. The third-order valence-corrected chi connectivity index (χ3v) is 5.54. The number of nitrogens with two attached hydrogens (primary N) is 1. The van der Waals surface area contributed by atoms with Crippen molar-refractivity contribution in [3.05, 3.63) is 22.4 Å². The maximum atomic E-state index is 12.5. The molecule has 1 aromatic heterocycles. The molecule has 22 heavy (non-hydrogen) atoms. The predicted octanol–water partition coefficient (Wildman–Crippen LogP) is 2.91. The molecule has 1 aliphatic rings. The lowest BCUT2D eigenvalue weighted by atomic mass is 9.82. The van der Waals surface area contributed by atoms with E-state index in [0.29, 0.717) is 6.54 Å². The summed E-state index contributed by atoms with van der Waals surface area (Å²) in [5, 5.41) is 7.40. The van der Waals surface area contributed by atoms with Crippen molar-refractivity contribution in [1.29, 1.82) is 0 Å². The van der Waals surface area contributed by atoms with Gasteiger partial charge in [-0.15, -0.1) is 0 Å². The quantitative estimate of drug-likeness (QED) is 0.811. The molecule has 1 amide bonds. The zero-order valence-electron chi connectivity index (χ0n) is 13.8. The molecule has 1 saturated carbocycles. The average molecular weight is 324 g/mol. The van der Waals surface area contributed by atoms with Gasteiger partial charge in [0.15, 0.2) is 0 Å². The van der Waals surface area contributed by atoms with E-state index in [2.05, 4.69) is 40.9 Å². The number of hydrogen-bond acceptors (Lipinski definition) is 4. The molecule has 1 fully saturated rings. The normalized spacial score (nSPS) is 19.1. The second-order valence-corrected chi connectivity index (χ2v) is 7.00. The summed E-state index contributed by atoms with van der Waals surface area (Å²) in [6, 6.07) is 2.39. The number of thiophene rings is 1. The second-order valence-electron chi connectivity index (χ2n) is 6.22. The lowest BCUT2D eigenvalue weighted by Gasteiger charge is -2.34. The van der Waals surface area contributed by atoms with Gasteiger partial charge in [-0.1, -0.05) is 33.1 Å². The van der Waals surface area contributed by atoms with Crippen LogP contribution in [0.3, 0.4) is 0 Å². The molecule has 1 unspecified atom stereocenters. The van der Waals surface area contributed by atoms with E-state index in [4.69, 9.17) is 5.73 Å². The number of carbonyl (C=O) groups excluding carboxylic acids is 1. The lowest BCUT2D eigenvalue weighted by Crippen LogP contribution is -2.56. The largest absolute Gasteiger partial charge is 0.353 e. The van der Waals surface area contributed by atoms with Crippen LogP contribution < -0.4 is 11.1 Å². The van der Waals surface area contributed by atoms with Crippen LogP contribution in [0.5, 0.6) is 0 Å². The zero-order chi connectivity index (χ0) is 16.0. The van der Waals surface area contributed by atoms with Crippen molar-refractivity contribution in [2.45, 2.75) is 57.5 Å². The molecule has 2 rings (SSSR count). The molecule has 124 valence electrons. The van der Waals surface area contributed by atoms with E-state index in [-0.39, 0.29) is 11.9 Å². The van der Waals surface area contributed by atoms with E-state index in [1.165, 1.54) is 12.0 Å². The summed E-state index contributed by atoms with van der Waals surface area (Å²) < 4.78 is 0. The number of nitrogens with zero attached hydrogens (tertiary/aromatic N) is 1. The zero-order valence-corrected chi connectivity index (χ0v) is 14.6. The van der Waals surface area contributed by atoms with E-state index in [0.717, 1.165) is 38.8 Å². The maximum absolute atomic E-state index is 12.5. The first-order valence-corrected chi connectivity index (χ1v) is 9.38. The van der Waals surface area contributed by atoms with Crippen LogP contribution in [0.25, 0.3) is 0 Å². The topological polar surface area (TPSA) is 58.4 Å². The molecular formula is C17H29N3OS. The molecule has 3 N–H and O–H groups in total. The summed E-state index contributed by atoms with van der Waals surface area (Å²) >= 11 is 1.70. The van der Waals surface area contributed by atoms with Gasteiger partial charge in [-0.2, -0.15) is 11.3 Å². The first-order valence-electron chi connectivity index (χ1n) is 8.44. The van der Waals surface area contributed by atoms with Crippen molar-refractivity contribution >= 4 is 17.2 Å². The fraction of sp³-hybridized carbons (Fsp3) is 0.706. The molecule has 0 aromatic carbocycles. The lowest BCUT2D eigenvalue weighted by molar-refractivity contribution is -0.127. The standard InChI is InChI=1S/C17H29N3OS/c1-3-20(4-2)15(14-8-11-22-13-14)12-19-16(21)17(18)9-6-5-7-10-17/h8,11,13,15H,3-7,9-10,12,18H2,1-2H3,(H,19,21). The Balaban J connectivity index is 2.00. The van der Waals surface area contributed by atoms with Gasteiger partial charge in [0, 0.05) is 6.54 Å². The smallest absolute Gasteiger partial charge is 0.240 e. The molecule has 0 saturated heterocycles. The van der Waals surface area contributed by atoms with E-state index in [1.54, 1.807) is 11.3 Å². The Kier molecular flexibility index (Phi) is 6.41. The SMILES string of the molecule is CCN(CC)C(CNC(=O)C1(N)CCCCC1)c1ccsc1. The molecule has 5 heteroatoms. The van der Waals surface area contributed by atoms with Crippen LogP contribution in [0, 0.1) is 0 Å². The van der Waals surface area contributed by atoms with Crippen LogP contribution in [0.4, 0.5) is 0 Å². The Morgan fingerprint density at radius 3 is 2.59 bits per heavy atom. The summed E-state index contributed by atoms with van der Waals surface area (Å²) in [4.78, 5) is 14.9. The van der Waals surface area contributed by atoms with Crippen molar-refractivity contribution in [2.24, 2.45) is 5.73 Å². The molecule has 1 atom stereocenters. The highest BCUT2D eigenvalue weighted by molar-refractivity contribution is 7.07. The molecule has 0 spiro atoms. The Morgan fingerprint density at radius 1 is 1.36 bits per heavy atom. The van der Waals surface area contributed by atoms with Crippen molar-refractivity contribution in [1.82, 2.24) is 10.2 Å². The molecule has 1 aromatic rings. The van der Waals surface area contributed by atoms with Gasteiger partial charge in [0.05, 0.1) is 11.6 Å². The summed E-state index contributed by atoms with van der Waals surface area (Å²) in [7, 11) is 0. The Labute approximate surface area is 138 Å². The van der Waals surface area contributed by atoms with Gasteiger partial charge in [0.1, 0.15) is 0 Å². The fourth-order valence-corrected chi connectivity index (χ4v) is 4.07. The van der Waals surface area contributed by atoms with Crippen molar-refractivity contribution in [2.75, 3.05) is 19.6 Å². The third-order valence-electron chi connectivity index (χ3n) is 4.84. The minimum atomic E-state index is -0.652. The Morgan fingerprint density at radius 2 is 2.05 bits per heavy atom. The number of likely N-dealkylation sites (N-methyl/N-ethyl adjacent to an activating group) is 1. The highest BCUT2D eigenvalue weighted by atomic mass is 32.1.